The van der Waals surface area contributed by atoms with Crippen molar-refractivity contribution >= 4 is 27.3 Å². The molecule has 2 N–H and O–H groups in total. The molecule has 2 aromatic rings. The topological polar surface area (TPSA) is 93.7 Å². The first-order chi connectivity index (χ1) is 12.5. The predicted molar refractivity (Wildman–Crippen MR) is 91.2 cm³/mol. The molecule has 0 atom stereocenters. The third-order valence-electron chi connectivity index (χ3n) is 3.13. The van der Waals surface area contributed by atoms with E-state index in [9.17, 15) is 26.4 Å². The summed E-state index contributed by atoms with van der Waals surface area (Å²) in [4.78, 5) is 11.1. The molecule has 146 valence electrons. The fourth-order valence-corrected chi connectivity index (χ4v) is 3.16. The van der Waals surface area contributed by atoms with Gasteiger partial charge in [-0.15, -0.1) is 13.2 Å². The minimum absolute atomic E-state index is 0.0291. The summed E-state index contributed by atoms with van der Waals surface area (Å²) in [6.45, 7) is 1.25. The molecular formula is C16H15F3N2O5S. The summed E-state index contributed by atoms with van der Waals surface area (Å²) in [5, 5.41) is 2.45. The van der Waals surface area contributed by atoms with Gasteiger partial charge in [-0.1, -0.05) is 0 Å². The number of nitrogens with one attached hydrogen (secondary N) is 2. The quantitative estimate of drug-likeness (QED) is 0.770. The number of methoxy groups -OCH3 is 1. The van der Waals surface area contributed by atoms with Crippen molar-refractivity contribution in [3.8, 4) is 11.5 Å². The fourth-order valence-electron chi connectivity index (χ4n) is 2.08. The van der Waals surface area contributed by atoms with Gasteiger partial charge < -0.3 is 14.8 Å². The van der Waals surface area contributed by atoms with Crippen molar-refractivity contribution in [3.63, 3.8) is 0 Å². The maximum atomic E-state index is 12.5. The lowest BCUT2D eigenvalue weighted by Crippen LogP contribution is -2.17. The van der Waals surface area contributed by atoms with Crippen molar-refractivity contribution in [3.05, 3.63) is 42.5 Å². The van der Waals surface area contributed by atoms with Gasteiger partial charge in [0.05, 0.1) is 17.7 Å². The number of alkyl halides is 3. The SMILES string of the molecule is COc1ccc(S(=O)(=O)Nc2ccc(OC(F)(F)F)cc2)cc1NC(C)=O. The molecule has 0 radical (unpaired) electrons. The fraction of sp³-hybridized carbons (Fsp3) is 0.188. The van der Waals surface area contributed by atoms with Gasteiger partial charge in [0.15, 0.2) is 0 Å². The Balaban J connectivity index is 2.24. The van der Waals surface area contributed by atoms with E-state index >= 15 is 0 Å². The van der Waals surface area contributed by atoms with Crippen LogP contribution >= 0.6 is 0 Å². The van der Waals surface area contributed by atoms with Crippen LogP contribution in [0.25, 0.3) is 0 Å². The second-order valence-electron chi connectivity index (χ2n) is 5.22. The first-order valence-corrected chi connectivity index (χ1v) is 8.83. The predicted octanol–water partition coefficient (Wildman–Crippen LogP) is 3.35. The highest BCUT2D eigenvalue weighted by Crippen LogP contribution is 2.29. The van der Waals surface area contributed by atoms with E-state index in [1.807, 2.05) is 0 Å². The van der Waals surface area contributed by atoms with Crippen molar-refractivity contribution in [1.82, 2.24) is 0 Å². The standard InChI is InChI=1S/C16H15F3N2O5S/c1-10(22)20-14-9-13(7-8-15(14)25-2)27(23,24)21-11-3-5-12(6-4-11)26-16(17,18)19/h3-9,21H,1-2H3,(H,20,22). The van der Waals surface area contributed by atoms with Crippen LogP contribution in [0.5, 0.6) is 11.5 Å². The van der Waals surface area contributed by atoms with Crippen LogP contribution in [0.2, 0.25) is 0 Å². The molecule has 0 saturated carbocycles. The van der Waals surface area contributed by atoms with Crippen LogP contribution < -0.4 is 19.5 Å². The molecule has 1 amide bonds. The van der Waals surface area contributed by atoms with Gasteiger partial charge in [0.2, 0.25) is 5.91 Å². The van der Waals surface area contributed by atoms with E-state index < -0.39 is 28.0 Å². The Bertz CT molecular complexity index is 928. The summed E-state index contributed by atoms with van der Waals surface area (Å²) >= 11 is 0. The van der Waals surface area contributed by atoms with Crippen LogP contribution in [0.15, 0.2) is 47.4 Å². The first kappa shape index (κ1) is 20.4. The molecule has 0 saturated heterocycles. The monoisotopic (exact) mass is 404 g/mol. The summed E-state index contributed by atoms with van der Waals surface area (Å²) in [6, 6.07) is 8.01. The van der Waals surface area contributed by atoms with Crippen molar-refractivity contribution in [1.29, 1.82) is 0 Å². The number of hydrogen-bond donors (Lipinski definition) is 2. The number of halogens is 3. The average Bonchev–Trinajstić information content (AvgIpc) is 2.54. The summed E-state index contributed by atoms with van der Waals surface area (Å²) in [5.74, 6) is -0.642. The molecule has 0 bridgehead atoms. The van der Waals surface area contributed by atoms with Gasteiger partial charge in [-0.25, -0.2) is 8.42 Å². The Labute approximate surface area is 153 Å². The molecule has 0 aliphatic heterocycles. The largest absolute Gasteiger partial charge is 0.573 e. The molecule has 7 nitrogen and oxygen atoms in total. The number of anilines is 2. The van der Waals surface area contributed by atoms with Crippen LogP contribution in [0.1, 0.15) is 6.92 Å². The minimum atomic E-state index is -4.84. The van der Waals surface area contributed by atoms with Crippen molar-refractivity contribution in [2.45, 2.75) is 18.2 Å². The van der Waals surface area contributed by atoms with E-state index in [0.29, 0.717) is 0 Å². The molecule has 0 aromatic heterocycles. The van der Waals surface area contributed by atoms with E-state index in [4.69, 9.17) is 4.74 Å². The molecular weight excluding hydrogens is 389 g/mol. The Morgan fingerprint density at radius 1 is 1.07 bits per heavy atom. The van der Waals surface area contributed by atoms with Crippen molar-refractivity contribution in [2.24, 2.45) is 0 Å². The Morgan fingerprint density at radius 2 is 1.70 bits per heavy atom. The third-order valence-corrected chi connectivity index (χ3v) is 4.51. The maximum absolute atomic E-state index is 12.5. The highest BCUT2D eigenvalue weighted by Gasteiger charge is 2.31. The molecule has 0 aliphatic carbocycles. The number of amides is 1. The summed E-state index contributed by atoms with van der Waals surface area (Å²) in [6.07, 6.45) is -4.84. The molecule has 27 heavy (non-hydrogen) atoms. The molecule has 0 heterocycles. The van der Waals surface area contributed by atoms with E-state index in [0.717, 1.165) is 24.3 Å². The van der Waals surface area contributed by atoms with Crippen LogP contribution in [-0.4, -0.2) is 27.8 Å². The molecule has 0 fully saturated rings. The molecule has 0 spiro atoms. The number of rotatable bonds is 6. The zero-order valence-corrected chi connectivity index (χ0v) is 14.9. The Kier molecular flexibility index (Phi) is 5.84. The summed E-state index contributed by atoms with van der Waals surface area (Å²) in [7, 11) is -2.71. The summed E-state index contributed by atoms with van der Waals surface area (Å²) in [5.41, 5.74) is 0.184. The minimum Gasteiger partial charge on any atom is -0.495 e. The van der Waals surface area contributed by atoms with Gasteiger partial charge in [0.25, 0.3) is 10.0 Å². The number of carbonyl (C=O) groups excluding carboxylic acids is 1. The lowest BCUT2D eigenvalue weighted by molar-refractivity contribution is -0.274. The number of carbonyl (C=O) groups is 1. The third kappa shape index (κ3) is 5.78. The molecule has 11 heteroatoms. The highest BCUT2D eigenvalue weighted by molar-refractivity contribution is 7.92. The molecule has 0 aliphatic rings. The van der Waals surface area contributed by atoms with E-state index in [2.05, 4.69) is 14.8 Å². The molecule has 0 unspecified atom stereocenters. The van der Waals surface area contributed by atoms with Gasteiger partial charge in [-0.2, -0.15) is 0 Å². The highest BCUT2D eigenvalue weighted by atomic mass is 32.2. The van der Waals surface area contributed by atoms with Gasteiger partial charge in [0, 0.05) is 12.6 Å². The molecule has 2 aromatic carbocycles. The van der Waals surface area contributed by atoms with Gasteiger partial charge in [-0.05, 0) is 42.5 Å². The lowest BCUT2D eigenvalue weighted by Gasteiger charge is -2.13. The smallest absolute Gasteiger partial charge is 0.495 e. The lowest BCUT2D eigenvalue weighted by atomic mass is 10.3. The normalized spacial score (nSPS) is 11.6. The maximum Gasteiger partial charge on any atom is 0.573 e. The number of sulfonamides is 1. The van der Waals surface area contributed by atoms with Crippen LogP contribution in [0, 0.1) is 0 Å². The van der Waals surface area contributed by atoms with E-state index in [1.165, 1.54) is 32.2 Å². The van der Waals surface area contributed by atoms with Crippen LogP contribution in [0.4, 0.5) is 24.5 Å². The van der Waals surface area contributed by atoms with Crippen LogP contribution in [0.3, 0.4) is 0 Å². The number of ether oxygens (including phenoxy) is 2. The van der Waals surface area contributed by atoms with Crippen molar-refractivity contribution < 1.29 is 35.9 Å². The van der Waals surface area contributed by atoms with E-state index in [1.54, 1.807) is 0 Å². The second-order valence-corrected chi connectivity index (χ2v) is 6.90. The van der Waals surface area contributed by atoms with Gasteiger partial charge in [0.1, 0.15) is 11.5 Å². The van der Waals surface area contributed by atoms with Gasteiger partial charge in [-0.3, -0.25) is 9.52 Å². The second kappa shape index (κ2) is 7.74. The molecule has 2 rings (SSSR count). The number of hydrogen-bond acceptors (Lipinski definition) is 5. The zero-order chi connectivity index (χ0) is 20.2. The first-order valence-electron chi connectivity index (χ1n) is 7.34. The Hall–Kier alpha value is -2.95. The zero-order valence-electron chi connectivity index (χ0n) is 14.1. The van der Waals surface area contributed by atoms with Crippen molar-refractivity contribution in [2.75, 3.05) is 17.1 Å². The van der Waals surface area contributed by atoms with Crippen LogP contribution in [-0.2, 0) is 14.8 Å². The Morgan fingerprint density at radius 3 is 2.22 bits per heavy atom. The summed E-state index contributed by atoms with van der Waals surface area (Å²) < 4.78 is 72.4. The number of benzene rings is 2. The van der Waals surface area contributed by atoms with E-state index in [-0.39, 0.29) is 22.0 Å². The average molecular weight is 404 g/mol. The van der Waals surface area contributed by atoms with Gasteiger partial charge >= 0.3 is 6.36 Å².